The van der Waals surface area contributed by atoms with Crippen molar-refractivity contribution in [3.63, 3.8) is 0 Å². The van der Waals surface area contributed by atoms with Crippen molar-refractivity contribution in [2.45, 2.75) is 39.2 Å². The summed E-state index contributed by atoms with van der Waals surface area (Å²) in [7, 11) is -1.12. The standard InChI is InChI=1S/C12H25N3O2S.HI/c1-4-10(5-2)8-14-12(13-3)15-11-6-7-18(16,17)9-11;/h10-11H,4-9H2,1-3H3,(H2,13,14,15);1H. The van der Waals surface area contributed by atoms with Gasteiger partial charge in [0.05, 0.1) is 11.5 Å². The molecule has 0 aliphatic carbocycles. The van der Waals surface area contributed by atoms with Crippen LogP contribution in [0.2, 0.25) is 0 Å². The number of hydrogen-bond acceptors (Lipinski definition) is 3. The van der Waals surface area contributed by atoms with Gasteiger partial charge in [0.15, 0.2) is 15.8 Å². The van der Waals surface area contributed by atoms with Gasteiger partial charge in [-0.25, -0.2) is 8.42 Å². The van der Waals surface area contributed by atoms with Crippen LogP contribution in [0.5, 0.6) is 0 Å². The summed E-state index contributed by atoms with van der Waals surface area (Å²) in [5.41, 5.74) is 0. The number of sulfone groups is 1. The first-order valence-electron chi connectivity index (χ1n) is 6.68. The summed E-state index contributed by atoms with van der Waals surface area (Å²) in [6.45, 7) is 5.23. The van der Waals surface area contributed by atoms with Gasteiger partial charge in [0.2, 0.25) is 0 Å². The fraction of sp³-hybridized carbons (Fsp3) is 0.917. The largest absolute Gasteiger partial charge is 0.356 e. The van der Waals surface area contributed by atoms with Crippen LogP contribution in [0.1, 0.15) is 33.1 Å². The molecular weight excluding hydrogens is 377 g/mol. The molecule has 0 amide bonds. The van der Waals surface area contributed by atoms with Crippen LogP contribution in [-0.2, 0) is 9.84 Å². The molecule has 2 N–H and O–H groups in total. The number of nitrogens with one attached hydrogen (secondary N) is 2. The fourth-order valence-corrected chi connectivity index (χ4v) is 3.79. The fourth-order valence-electron chi connectivity index (χ4n) is 2.12. The van der Waals surface area contributed by atoms with E-state index in [1.165, 1.54) is 0 Å². The highest BCUT2D eigenvalue weighted by molar-refractivity contribution is 14.0. The first-order valence-corrected chi connectivity index (χ1v) is 8.50. The molecule has 1 saturated heterocycles. The Morgan fingerprint density at radius 1 is 1.37 bits per heavy atom. The molecule has 0 aromatic rings. The Morgan fingerprint density at radius 3 is 2.42 bits per heavy atom. The topological polar surface area (TPSA) is 70.6 Å². The quantitative estimate of drug-likeness (QED) is 0.414. The first-order chi connectivity index (χ1) is 8.50. The average Bonchev–Trinajstić information content (AvgIpc) is 2.68. The molecule has 1 heterocycles. The molecule has 1 rings (SSSR count). The maximum Gasteiger partial charge on any atom is 0.191 e. The summed E-state index contributed by atoms with van der Waals surface area (Å²) >= 11 is 0. The lowest BCUT2D eigenvalue weighted by atomic mass is 10.0. The second-order valence-corrected chi connectivity index (χ2v) is 7.11. The van der Waals surface area contributed by atoms with Gasteiger partial charge in [0.1, 0.15) is 0 Å². The smallest absolute Gasteiger partial charge is 0.191 e. The summed E-state index contributed by atoms with van der Waals surface area (Å²) in [6, 6.07) is 0.00269. The Kier molecular flexibility index (Phi) is 8.97. The third kappa shape index (κ3) is 6.78. The lowest BCUT2D eigenvalue weighted by Gasteiger charge is -2.19. The predicted molar refractivity (Wildman–Crippen MR) is 91.0 cm³/mol. The van der Waals surface area contributed by atoms with Crippen LogP contribution >= 0.6 is 24.0 Å². The van der Waals surface area contributed by atoms with Gasteiger partial charge in [-0.1, -0.05) is 26.7 Å². The van der Waals surface area contributed by atoms with E-state index in [0.717, 1.165) is 19.4 Å². The van der Waals surface area contributed by atoms with Gasteiger partial charge in [0.25, 0.3) is 0 Å². The summed E-state index contributed by atoms with van der Waals surface area (Å²) in [4.78, 5) is 4.14. The van der Waals surface area contributed by atoms with Crippen LogP contribution in [-0.4, -0.2) is 45.5 Å². The van der Waals surface area contributed by atoms with E-state index in [4.69, 9.17) is 0 Å². The number of rotatable bonds is 5. The molecule has 1 fully saturated rings. The Morgan fingerprint density at radius 2 is 2.00 bits per heavy atom. The Hall–Kier alpha value is -0.0500. The van der Waals surface area contributed by atoms with Crippen molar-refractivity contribution in [2.24, 2.45) is 10.9 Å². The highest BCUT2D eigenvalue weighted by atomic mass is 127. The van der Waals surface area contributed by atoms with E-state index in [-0.39, 0.29) is 41.5 Å². The summed E-state index contributed by atoms with van der Waals surface area (Å²) in [5, 5.41) is 6.45. The van der Waals surface area contributed by atoms with Crippen LogP contribution in [0.25, 0.3) is 0 Å². The van der Waals surface area contributed by atoms with Gasteiger partial charge in [-0.2, -0.15) is 0 Å². The SMILES string of the molecule is CCC(CC)CNC(=NC)NC1CCS(=O)(=O)C1.I. The molecule has 19 heavy (non-hydrogen) atoms. The molecule has 1 aliphatic rings. The van der Waals surface area contributed by atoms with Crippen LogP contribution in [0.15, 0.2) is 4.99 Å². The molecule has 0 spiro atoms. The zero-order chi connectivity index (χ0) is 13.6. The van der Waals surface area contributed by atoms with Gasteiger partial charge in [-0.3, -0.25) is 4.99 Å². The monoisotopic (exact) mass is 403 g/mol. The third-order valence-electron chi connectivity index (χ3n) is 3.51. The first kappa shape index (κ1) is 18.9. The molecule has 1 aliphatic heterocycles. The number of hydrogen-bond donors (Lipinski definition) is 2. The third-order valence-corrected chi connectivity index (χ3v) is 5.28. The van der Waals surface area contributed by atoms with E-state index >= 15 is 0 Å². The molecule has 1 atom stereocenters. The van der Waals surface area contributed by atoms with E-state index in [0.29, 0.717) is 18.3 Å². The lowest BCUT2D eigenvalue weighted by Crippen LogP contribution is -2.45. The molecule has 114 valence electrons. The molecule has 5 nitrogen and oxygen atoms in total. The second kappa shape index (κ2) is 8.99. The minimum absolute atomic E-state index is 0. The zero-order valence-electron chi connectivity index (χ0n) is 12.0. The van der Waals surface area contributed by atoms with E-state index in [9.17, 15) is 8.42 Å². The van der Waals surface area contributed by atoms with Crippen LogP contribution in [0, 0.1) is 5.92 Å². The van der Waals surface area contributed by atoms with Gasteiger partial charge < -0.3 is 10.6 Å². The zero-order valence-corrected chi connectivity index (χ0v) is 15.1. The van der Waals surface area contributed by atoms with E-state index in [1.807, 2.05) is 0 Å². The molecule has 0 radical (unpaired) electrons. The number of aliphatic imine (C=N–C) groups is 1. The van der Waals surface area contributed by atoms with Crippen molar-refractivity contribution in [2.75, 3.05) is 25.1 Å². The average molecular weight is 403 g/mol. The van der Waals surface area contributed by atoms with Crippen molar-refractivity contribution in [1.29, 1.82) is 0 Å². The molecule has 0 saturated carbocycles. The van der Waals surface area contributed by atoms with Crippen molar-refractivity contribution in [3.8, 4) is 0 Å². The number of halogens is 1. The van der Waals surface area contributed by atoms with Crippen LogP contribution in [0.3, 0.4) is 0 Å². The highest BCUT2D eigenvalue weighted by Crippen LogP contribution is 2.11. The normalized spacial score (nSPS) is 22.1. The minimum atomic E-state index is -2.84. The Balaban J connectivity index is 0.00000324. The number of guanidine groups is 1. The summed E-state index contributed by atoms with van der Waals surface area (Å²) < 4.78 is 22.7. The predicted octanol–water partition coefficient (Wildman–Crippen LogP) is 1.39. The Labute approximate surface area is 134 Å². The van der Waals surface area contributed by atoms with Crippen molar-refractivity contribution in [3.05, 3.63) is 0 Å². The molecular formula is C12H26IN3O2S. The maximum atomic E-state index is 11.4. The minimum Gasteiger partial charge on any atom is -0.356 e. The van der Waals surface area contributed by atoms with Crippen molar-refractivity contribution in [1.82, 2.24) is 10.6 Å². The van der Waals surface area contributed by atoms with E-state index in [1.54, 1.807) is 7.05 Å². The number of nitrogens with zero attached hydrogens (tertiary/aromatic N) is 1. The second-order valence-electron chi connectivity index (χ2n) is 4.88. The molecule has 0 bridgehead atoms. The summed E-state index contributed by atoms with van der Waals surface area (Å²) in [6.07, 6.45) is 2.95. The molecule has 0 aromatic carbocycles. The maximum absolute atomic E-state index is 11.4. The van der Waals surface area contributed by atoms with Gasteiger partial charge in [0, 0.05) is 19.6 Å². The Bertz CT molecular complexity index is 380. The highest BCUT2D eigenvalue weighted by Gasteiger charge is 2.28. The molecule has 0 aromatic heterocycles. The summed E-state index contributed by atoms with van der Waals surface area (Å²) in [5.74, 6) is 1.85. The van der Waals surface area contributed by atoms with Crippen molar-refractivity contribution < 1.29 is 8.42 Å². The molecule has 7 heteroatoms. The van der Waals surface area contributed by atoms with E-state index in [2.05, 4.69) is 29.5 Å². The van der Waals surface area contributed by atoms with Gasteiger partial charge in [-0.05, 0) is 12.3 Å². The molecule has 1 unspecified atom stereocenters. The van der Waals surface area contributed by atoms with Gasteiger partial charge >= 0.3 is 0 Å². The van der Waals surface area contributed by atoms with Crippen LogP contribution in [0.4, 0.5) is 0 Å². The van der Waals surface area contributed by atoms with Gasteiger partial charge in [-0.15, -0.1) is 24.0 Å². The van der Waals surface area contributed by atoms with Crippen LogP contribution < -0.4 is 10.6 Å². The lowest BCUT2D eigenvalue weighted by molar-refractivity contribution is 0.479. The van der Waals surface area contributed by atoms with Crippen molar-refractivity contribution >= 4 is 39.8 Å². The van der Waals surface area contributed by atoms with E-state index < -0.39 is 9.84 Å².